The topological polar surface area (TPSA) is 106 Å². The van der Waals surface area contributed by atoms with Crippen molar-refractivity contribution in [2.24, 2.45) is 5.73 Å². The molecule has 8 nitrogen and oxygen atoms in total. The standard InChI is InChI=1S/C27H26N4O4/c1-30-15-17-31(18-16-30)26(33)21-7-5-20(6-8-21)25(32)14-11-22-3-2-4-24(29-22)19-9-12-23(13-10-19)35-27(28)34/h2-14H,15-18H2,1H3,(H2,28,34). The third kappa shape index (κ3) is 6.18. The average Bonchev–Trinajstić information content (AvgIpc) is 2.88. The number of aromatic nitrogens is 1. The van der Waals surface area contributed by atoms with Gasteiger partial charge in [-0.1, -0.05) is 18.2 Å². The predicted molar refractivity (Wildman–Crippen MR) is 133 cm³/mol. The Labute approximate surface area is 203 Å². The highest BCUT2D eigenvalue weighted by Gasteiger charge is 2.20. The molecular weight excluding hydrogens is 444 g/mol. The second-order valence-corrected chi connectivity index (χ2v) is 8.26. The molecule has 0 spiro atoms. The van der Waals surface area contributed by atoms with Crippen LogP contribution >= 0.6 is 0 Å². The number of likely N-dealkylation sites (N-methyl/N-ethyl adjacent to an activating group) is 1. The fourth-order valence-electron chi connectivity index (χ4n) is 3.74. The second-order valence-electron chi connectivity index (χ2n) is 8.26. The number of nitrogens with two attached hydrogens (primary N) is 1. The predicted octanol–water partition coefficient (Wildman–Crippen LogP) is 3.49. The molecule has 1 aliphatic rings. The number of pyridine rings is 1. The molecule has 2 aromatic carbocycles. The Morgan fingerprint density at radius 1 is 0.886 bits per heavy atom. The van der Waals surface area contributed by atoms with Crippen LogP contribution in [0.25, 0.3) is 17.3 Å². The zero-order chi connectivity index (χ0) is 24.8. The lowest BCUT2D eigenvalue weighted by atomic mass is 10.1. The lowest BCUT2D eigenvalue weighted by molar-refractivity contribution is 0.0663. The molecule has 0 atom stereocenters. The van der Waals surface area contributed by atoms with E-state index < -0.39 is 6.09 Å². The van der Waals surface area contributed by atoms with Crippen molar-refractivity contribution in [3.63, 3.8) is 0 Å². The van der Waals surface area contributed by atoms with E-state index in [9.17, 15) is 14.4 Å². The molecule has 2 N–H and O–H groups in total. The molecule has 1 saturated heterocycles. The normalized spacial score (nSPS) is 14.1. The van der Waals surface area contributed by atoms with Gasteiger partial charge >= 0.3 is 6.09 Å². The molecule has 178 valence electrons. The van der Waals surface area contributed by atoms with Crippen LogP contribution in [-0.4, -0.2) is 65.8 Å². The van der Waals surface area contributed by atoms with Crippen molar-refractivity contribution in [2.75, 3.05) is 33.2 Å². The summed E-state index contributed by atoms with van der Waals surface area (Å²) >= 11 is 0. The van der Waals surface area contributed by atoms with E-state index in [1.165, 1.54) is 6.08 Å². The van der Waals surface area contributed by atoms with Gasteiger partial charge in [-0.3, -0.25) is 9.59 Å². The maximum Gasteiger partial charge on any atom is 0.409 e. The molecule has 2 heterocycles. The first-order valence-electron chi connectivity index (χ1n) is 11.2. The second kappa shape index (κ2) is 10.8. The Morgan fingerprint density at radius 3 is 2.20 bits per heavy atom. The van der Waals surface area contributed by atoms with Crippen molar-refractivity contribution in [3.8, 4) is 17.0 Å². The molecule has 2 amide bonds. The minimum atomic E-state index is -0.871. The van der Waals surface area contributed by atoms with Gasteiger partial charge in [-0.15, -0.1) is 0 Å². The van der Waals surface area contributed by atoms with E-state index in [4.69, 9.17) is 10.5 Å². The van der Waals surface area contributed by atoms with Crippen LogP contribution in [0.1, 0.15) is 26.4 Å². The third-order valence-electron chi connectivity index (χ3n) is 5.75. The van der Waals surface area contributed by atoms with Crippen LogP contribution in [0, 0.1) is 0 Å². The number of amides is 2. The Hall–Kier alpha value is -4.30. The lowest BCUT2D eigenvalue weighted by Gasteiger charge is -2.32. The number of ketones is 1. The van der Waals surface area contributed by atoms with Crippen LogP contribution in [-0.2, 0) is 0 Å². The number of rotatable bonds is 6. The Bertz CT molecular complexity index is 1240. The van der Waals surface area contributed by atoms with Gasteiger partial charge in [-0.2, -0.15) is 0 Å². The molecule has 1 fully saturated rings. The van der Waals surface area contributed by atoms with Crippen LogP contribution in [0.4, 0.5) is 4.79 Å². The first kappa shape index (κ1) is 23.8. The monoisotopic (exact) mass is 470 g/mol. The molecule has 3 aromatic rings. The van der Waals surface area contributed by atoms with E-state index in [1.54, 1.807) is 60.7 Å². The summed E-state index contributed by atoms with van der Waals surface area (Å²) in [5.41, 5.74) is 8.25. The van der Waals surface area contributed by atoms with Gasteiger partial charge in [0.2, 0.25) is 0 Å². The number of benzene rings is 2. The van der Waals surface area contributed by atoms with Crippen LogP contribution < -0.4 is 10.5 Å². The molecule has 35 heavy (non-hydrogen) atoms. The summed E-state index contributed by atoms with van der Waals surface area (Å²) < 4.78 is 4.84. The van der Waals surface area contributed by atoms with Gasteiger partial charge in [0, 0.05) is 42.9 Å². The van der Waals surface area contributed by atoms with Gasteiger partial charge in [-0.25, -0.2) is 9.78 Å². The number of hydrogen-bond donors (Lipinski definition) is 1. The Morgan fingerprint density at radius 2 is 1.54 bits per heavy atom. The summed E-state index contributed by atoms with van der Waals surface area (Å²) in [4.78, 5) is 44.8. The van der Waals surface area contributed by atoms with E-state index in [0.29, 0.717) is 41.4 Å². The molecule has 0 unspecified atom stereocenters. The highest BCUT2D eigenvalue weighted by molar-refractivity contribution is 6.07. The fourth-order valence-corrected chi connectivity index (χ4v) is 3.74. The molecule has 1 aliphatic heterocycles. The number of hydrogen-bond acceptors (Lipinski definition) is 6. The molecule has 0 bridgehead atoms. The van der Waals surface area contributed by atoms with Crippen molar-refractivity contribution in [1.29, 1.82) is 0 Å². The minimum Gasteiger partial charge on any atom is -0.411 e. The van der Waals surface area contributed by atoms with Crippen LogP contribution in [0.3, 0.4) is 0 Å². The first-order chi connectivity index (χ1) is 16.9. The van der Waals surface area contributed by atoms with Gasteiger partial charge in [0.25, 0.3) is 5.91 Å². The molecule has 0 radical (unpaired) electrons. The van der Waals surface area contributed by atoms with Crippen molar-refractivity contribution in [3.05, 3.63) is 89.6 Å². The Kier molecular flexibility index (Phi) is 7.32. The number of allylic oxidation sites excluding steroid dienone is 1. The average molecular weight is 471 g/mol. The fraction of sp³-hybridized carbons (Fsp3) is 0.185. The zero-order valence-corrected chi connectivity index (χ0v) is 19.4. The molecule has 8 heteroatoms. The van der Waals surface area contributed by atoms with E-state index in [2.05, 4.69) is 9.88 Å². The number of carbonyl (C=O) groups is 3. The molecule has 0 saturated carbocycles. The molecule has 1 aromatic heterocycles. The minimum absolute atomic E-state index is 0.0112. The Balaban J connectivity index is 1.40. The van der Waals surface area contributed by atoms with Gasteiger partial charge in [0.1, 0.15) is 5.75 Å². The number of piperazine rings is 1. The zero-order valence-electron chi connectivity index (χ0n) is 19.4. The summed E-state index contributed by atoms with van der Waals surface area (Å²) in [6.07, 6.45) is 2.25. The van der Waals surface area contributed by atoms with Crippen molar-refractivity contribution in [2.45, 2.75) is 0 Å². The first-order valence-corrected chi connectivity index (χ1v) is 11.2. The SMILES string of the molecule is CN1CCN(C(=O)c2ccc(C(=O)C=Cc3cccc(-c4ccc(OC(N)=O)cc4)n3)cc2)CC1. The summed E-state index contributed by atoms with van der Waals surface area (Å²) in [5.74, 6) is 0.158. The quantitative estimate of drug-likeness (QED) is 0.437. The molecule has 4 rings (SSSR count). The third-order valence-corrected chi connectivity index (χ3v) is 5.75. The number of ether oxygens (including phenoxy) is 1. The van der Waals surface area contributed by atoms with Gasteiger partial charge in [0.05, 0.1) is 11.4 Å². The van der Waals surface area contributed by atoms with Gasteiger partial charge < -0.3 is 20.3 Å². The van der Waals surface area contributed by atoms with Crippen LogP contribution in [0.5, 0.6) is 5.75 Å². The number of primary amides is 1. The largest absolute Gasteiger partial charge is 0.411 e. The van der Waals surface area contributed by atoms with E-state index in [1.807, 2.05) is 24.1 Å². The van der Waals surface area contributed by atoms with Crippen LogP contribution in [0.15, 0.2) is 72.8 Å². The molecular formula is C27H26N4O4. The number of carbonyl (C=O) groups excluding carboxylic acids is 3. The van der Waals surface area contributed by atoms with E-state index in [0.717, 1.165) is 18.7 Å². The molecule has 0 aliphatic carbocycles. The smallest absolute Gasteiger partial charge is 0.409 e. The summed E-state index contributed by atoms with van der Waals surface area (Å²) in [6.45, 7) is 3.13. The maximum absolute atomic E-state index is 12.7. The number of nitrogens with zero attached hydrogens (tertiary/aromatic N) is 3. The van der Waals surface area contributed by atoms with Gasteiger partial charge in [-0.05, 0) is 67.7 Å². The highest BCUT2D eigenvalue weighted by atomic mass is 16.5. The van der Waals surface area contributed by atoms with E-state index >= 15 is 0 Å². The van der Waals surface area contributed by atoms with Crippen molar-refractivity contribution < 1.29 is 19.1 Å². The van der Waals surface area contributed by atoms with Crippen molar-refractivity contribution in [1.82, 2.24) is 14.8 Å². The summed E-state index contributed by atoms with van der Waals surface area (Å²) in [7, 11) is 2.04. The van der Waals surface area contributed by atoms with Crippen LogP contribution in [0.2, 0.25) is 0 Å². The van der Waals surface area contributed by atoms with E-state index in [-0.39, 0.29) is 11.7 Å². The van der Waals surface area contributed by atoms with Crippen molar-refractivity contribution >= 4 is 23.9 Å². The highest BCUT2D eigenvalue weighted by Crippen LogP contribution is 2.21. The van der Waals surface area contributed by atoms with Gasteiger partial charge in [0.15, 0.2) is 5.78 Å². The lowest BCUT2D eigenvalue weighted by Crippen LogP contribution is -2.47. The summed E-state index contributed by atoms with van der Waals surface area (Å²) in [5, 5.41) is 0. The maximum atomic E-state index is 12.7. The summed E-state index contributed by atoms with van der Waals surface area (Å²) in [6, 6.07) is 19.0.